The Kier molecular flexibility index (Phi) is 2.33. The van der Waals surface area contributed by atoms with E-state index in [4.69, 9.17) is 0 Å². The Hall–Kier alpha value is -0.500. The highest BCUT2D eigenvalue weighted by molar-refractivity contribution is 9.09. The Bertz CT molecular complexity index is 311. The highest BCUT2D eigenvalue weighted by Gasteiger charge is 2.27. The highest BCUT2D eigenvalue weighted by Crippen LogP contribution is 2.31. The van der Waals surface area contributed by atoms with E-state index in [0.29, 0.717) is 0 Å². The molecule has 0 amide bonds. The molecule has 0 saturated carbocycles. The molecule has 1 heterocycles. The summed E-state index contributed by atoms with van der Waals surface area (Å²) >= 11 is 3.56. The van der Waals surface area contributed by atoms with Crippen molar-refractivity contribution in [3.63, 3.8) is 0 Å². The van der Waals surface area contributed by atoms with Crippen LogP contribution in [0.4, 0.5) is 5.69 Å². The van der Waals surface area contributed by atoms with Gasteiger partial charge in [0.1, 0.15) is 0 Å². The molecule has 2 heteroatoms. The molecule has 0 fully saturated rings. The van der Waals surface area contributed by atoms with E-state index in [0.717, 1.165) is 5.33 Å². The number of anilines is 1. The molecule has 0 bridgehead atoms. The molecule has 1 N–H and O–H groups in total. The molecule has 0 spiro atoms. The van der Waals surface area contributed by atoms with Crippen molar-refractivity contribution < 1.29 is 0 Å². The van der Waals surface area contributed by atoms with Crippen LogP contribution in [0.25, 0.3) is 0 Å². The van der Waals surface area contributed by atoms with Crippen LogP contribution in [0.3, 0.4) is 0 Å². The molecule has 0 aliphatic carbocycles. The number of hydrogen-bond donors (Lipinski definition) is 1. The first-order chi connectivity index (χ1) is 6.23. The first-order valence-corrected chi connectivity index (χ1v) is 5.78. The van der Waals surface area contributed by atoms with Crippen molar-refractivity contribution >= 4 is 21.6 Å². The molecule has 1 aromatic carbocycles. The van der Waals surface area contributed by atoms with Crippen molar-refractivity contribution in [1.29, 1.82) is 0 Å². The van der Waals surface area contributed by atoms with Crippen LogP contribution in [0.1, 0.15) is 18.9 Å². The van der Waals surface area contributed by atoms with Crippen molar-refractivity contribution in [1.82, 2.24) is 0 Å². The number of rotatable bonds is 1. The van der Waals surface area contributed by atoms with Gasteiger partial charge in [-0.3, -0.25) is 0 Å². The van der Waals surface area contributed by atoms with Crippen LogP contribution in [-0.2, 0) is 6.42 Å². The van der Waals surface area contributed by atoms with Crippen LogP contribution in [0, 0.1) is 0 Å². The third-order valence-electron chi connectivity index (χ3n) is 2.69. The van der Waals surface area contributed by atoms with Gasteiger partial charge in [-0.1, -0.05) is 34.1 Å². The molecule has 0 radical (unpaired) electrons. The maximum Gasteiger partial charge on any atom is 0.0445 e. The predicted octanol–water partition coefficient (Wildman–Crippen LogP) is 3.20. The fraction of sp³-hybridized carbons (Fsp3) is 0.455. The lowest BCUT2D eigenvalue weighted by molar-refractivity contribution is 0.514. The summed E-state index contributed by atoms with van der Waals surface area (Å²) in [6.45, 7) is 2.26. The van der Waals surface area contributed by atoms with Crippen molar-refractivity contribution in [2.24, 2.45) is 0 Å². The largest absolute Gasteiger partial charge is 0.379 e. The zero-order valence-corrected chi connectivity index (χ0v) is 9.39. The normalized spacial score (nSPS) is 26.3. The molecule has 0 saturated heterocycles. The number of benzene rings is 1. The molecule has 1 aromatic rings. The first kappa shape index (κ1) is 9.07. The number of hydrogen-bond acceptors (Lipinski definition) is 1. The molecular weight excluding hydrogens is 226 g/mol. The molecule has 0 aromatic heterocycles. The SMILES string of the molecule is CC1(CBr)CCc2ccccc2N1. The lowest BCUT2D eigenvalue weighted by atomic mass is 9.89. The van der Waals surface area contributed by atoms with Gasteiger partial charge in [0.15, 0.2) is 0 Å². The van der Waals surface area contributed by atoms with E-state index in [-0.39, 0.29) is 5.54 Å². The van der Waals surface area contributed by atoms with Crippen molar-refractivity contribution in [2.45, 2.75) is 25.3 Å². The second kappa shape index (κ2) is 3.33. The molecule has 1 nitrogen and oxygen atoms in total. The molecule has 1 atom stereocenters. The molecule has 1 aliphatic rings. The second-order valence-electron chi connectivity index (χ2n) is 3.98. The third kappa shape index (κ3) is 1.73. The van der Waals surface area contributed by atoms with Crippen LogP contribution in [-0.4, -0.2) is 10.9 Å². The summed E-state index contributed by atoms with van der Waals surface area (Å²) in [7, 11) is 0. The van der Waals surface area contributed by atoms with E-state index in [1.807, 2.05) is 0 Å². The molecular formula is C11H14BrN. The van der Waals surface area contributed by atoms with Gasteiger partial charge in [-0.25, -0.2) is 0 Å². The van der Waals surface area contributed by atoms with Gasteiger partial charge in [0.2, 0.25) is 0 Å². The summed E-state index contributed by atoms with van der Waals surface area (Å²) in [5, 5.41) is 4.58. The second-order valence-corrected chi connectivity index (χ2v) is 4.54. The molecule has 1 aliphatic heterocycles. The van der Waals surface area contributed by atoms with Crippen LogP contribution in [0.15, 0.2) is 24.3 Å². The molecule has 13 heavy (non-hydrogen) atoms. The summed E-state index contributed by atoms with van der Waals surface area (Å²) in [5.41, 5.74) is 2.98. The van der Waals surface area contributed by atoms with Crippen LogP contribution in [0.5, 0.6) is 0 Å². The van der Waals surface area contributed by atoms with Gasteiger partial charge in [0.25, 0.3) is 0 Å². The number of aryl methyl sites for hydroxylation is 1. The minimum atomic E-state index is 0.231. The smallest absolute Gasteiger partial charge is 0.0445 e. The van der Waals surface area contributed by atoms with Crippen molar-refractivity contribution in [3.8, 4) is 0 Å². The van der Waals surface area contributed by atoms with Gasteiger partial charge in [0.05, 0.1) is 0 Å². The van der Waals surface area contributed by atoms with E-state index in [1.54, 1.807) is 0 Å². The van der Waals surface area contributed by atoms with E-state index in [1.165, 1.54) is 24.1 Å². The minimum absolute atomic E-state index is 0.231. The number of alkyl halides is 1. The number of halogens is 1. The zero-order chi connectivity index (χ0) is 9.31. The van der Waals surface area contributed by atoms with Crippen LogP contribution in [0.2, 0.25) is 0 Å². The zero-order valence-electron chi connectivity index (χ0n) is 7.81. The summed E-state index contributed by atoms with van der Waals surface area (Å²) in [6.07, 6.45) is 2.39. The number of nitrogens with one attached hydrogen (secondary N) is 1. The highest BCUT2D eigenvalue weighted by atomic mass is 79.9. The Morgan fingerprint density at radius 2 is 2.23 bits per heavy atom. The lowest BCUT2D eigenvalue weighted by Gasteiger charge is -2.35. The monoisotopic (exact) mass is 239 g/mol. The lowest BCUT2D eigenvalue weighted by Crippen LogP contribution is -2.40. The van der Waals surface area contributed by atoms with Crippen molar-refractivity contribution in [2.75, 3.05) is 10.6 Å². The Morgan fingerprint density at radius 1 is 1.46 bits per heavy atom. The average Bonchev–Trinajstić information content (AvgIpc) is 2.18. The minimum Gasteiger partial charge on any atom is -0.379 e. The maximum absolute atomic E-state index is 3.58. The predicted molar refractivity (Wildman–Crippen MR) is 60.6 cm³/mol. The quantitative estimate of drug-likeness (QED) is 0.743. The number of fused-ring (bicyclic) bond motifs is 1. The van der Waals surface area contributed by atoms with Gasteiger partial charge >= 0.3 is 0 Å². The van der Waals surface area contributed by atoms with E-state index < -0.39 is 0 Å². The molecule has 70 valence electrons. The topological polar surface area (TPSA) is 12.0 Å². The van der Waals surface area contributed by atoms with E-state index >= 15 is 0 Å². The summed E-state index contributed by atoms with van der Waals surface area (Å²) in [4.78, 5) is 0. The van der Waals surface area contributed by atoms with E-state index in [9.17, 15) is 0 Å². The fourth-order valence-corrected chi connectivity index (χ4v) is 2.18. The number of para-hydroxylation sites is 1. The third-order valence-corrected chi connectivity index (χ3v) is 3.93. The van der Waals surface area contributed by atoms with E-state index in [2.05, 4.69) is 52.4 Å². The van der Waals surface area contributed by atoms with Gasteiger partial charge < -0.3 is 5.32 Å². The first-order valence-electron chi connectivity index (χ1n) is 4.66. The van der Waals surface area contributed by atoms with Gasteiger partial charge in [-0.05, 0) is 31.4 Å². The van der Waals surface area contributed by atoms with Crippen LogP contribution >= 0.6 is 15.9 Å². The summed E-state index contributed by atoms with van der Waals surface area (Å²) in [6, 6.07) is 8.56. The van der Waals surface area contributed by atoms with Crippen LogP contribution < -0.4 is 5.32 Å². The Morgan fingerprint density at radius 3 is 3.00 bits per heavy atom. The van der Waals surface area contributed by atoms with Gasteiger partial charge in [-0.15, -0.1) is 0 Å². The summed E-state index contributed by atoms with van der Waals surface area (Å²) < 4.78 is 0. The van der Waals surface area contributed by atoms with Gasteiger partial charge in [-0.2, -0.15) is 0 Å². The average molecular weight is 240 g/mol. The maximum atomic E-state index is 3.58. The fourth-order valence-electron chi connectivity index (χ4n) is 1.76. The molecule has 1 unspecified atom stereocenters. The Balaban J connectivity index is 2.29. The Labute approximate surface area is 87.7 Å². The molecule has 2 rings (SSSR count). The van der Waals surface area contributed by atoms with Gasteiger partial charge in [0, 0.05) is 16.6 Å². The standard InChI is InChI=1S/C11H14BrN/c1-11(8-12)7-6-9-4-2-3-5-10(9)13-11/h2-5,13H,6-8H2,1H3. The summed E-state index contributed by atoms with van der Waals surface area (Å²) in [5.74, 6) is 0. The van der Waals surface area contributed by atoms with Crippen molar-refractivity contribution in [3.05, 3.63) is 29.8 Å².